The van der Waals surface area contributed by atoms with E-state index in [0.717, 1.165) is 44.4 Å². The third-order valence-corrected chi connectivity index (χ3v) is 3.65. The molecule has 0 radical (unpaired) electrons. The van der Waals surface area contributed by atoms with Gasteiger partial charge in [-0.05, 0) is 50.4 Å². The van der Waals surface area contributed by atoms with Gasteiger partial charge in [0.15, 0.2) is 0 Å². The number of halogens is 2. The van der Waals surface area contributed by atoms with Gasteiger partial charge < -0.3 is 10.1 Å². The van der Waals surface area contributed by atoms with E-state index in [-0.39, 0.29) is 12.7 Å². The molecule has 106 valence electrons. The maximum absolute atomic E-state index is 13.4. The van der Waals surface area contributed by atoms with Gasteiger partial charge in [-0.3, -0.25) is 0 Å². The number of hydrogen-bond donors (Lipinski definition) is 1. The summed E-state index contributed by atoms with van der Waals surface area (Å²) >= 11 is 0. The molecule has 1 fully saturated rings. The molecule has 0 saturated heterocycles. The fraction of sp³-hybridized carbons (Fsp3) is 0.600. The van der Waals surface area contributed by atoms with E-state index in [2.05, 4.69) is 12.2 Å². The third-order valence-electron chi connectivity index (χ3n) is 3.65. The molecule has 1 aliphatic carbocycles. The molecule has 1 aromatic rings. The Bertz CT molecular complexity index is 403. The Morgan fingerprint density at radius 2 is 1.95 bits per heavy atom. The van der Waals surface area contributed by atoms with Crippen LogP contribution < -0.4 is 5.32 Å². The topological polar surface area (TPSA) is 21.3 Å². The van der Waals surface area contributed by atoms with Crippen molar-refractivity contribution in [2.45, 2.75) is 51.4 Å². The van der Waals surface area contributed by atoms with E-state index in [1.807, 2.05) is 0 Å². The van der Waals surface area contributed by atoms with Gasteiger partial charge in [0.05, 0.1) is 12.7 Å². The second-order valence-electron chi connectivity index (χ2n) is 5.08. The Kier molecular flexibility index (Phi) is 5.28. The monoisotopic (exact) mass is 269 g/mol. The van der Waals surface area contributed by atoms with E-state index < -0.39 is 11.6 Å². The van der Waals surface area contributed by atoms with E-state index in [9.17, 15) is 8.78 Å². The van der Waals surface area contributed by atoms with Crippen molar-refractivity contribution in [1.29, 1.82) is 0 Å². The summed E-state index contributed by atoms with van der Waals surface area (Å²) in [5, 5.41) is 3.43. The first-order valence-corrected chi connectivity index (χ1v) is 6.98. The first-order valence-electron chi connectivity index (χ1n) is 6.98. The molecule has 4 heteroatoms. The highest BCUT2D eigenvalue weighted by atomic mass is 19.1. The molecule has 1 saturated carbocycles. The lowest BCUT2D eigenvalue weighted by molar-refractivity contribution is 0.0101. The standard InChI is InChI=1S/C15H21F2NO/c1-2-18-13-4-6-14(7-5-13)19-10-11-9-12(16)3-8-15(11)17/h3,8-9,13-14,18H,2,4-7,10H2,1H3. The zero-order valence-electron chi connectivity index (χ0n) is 11.3. The smallest absolute Gasteiger partial charge is 0.128 e. The Morgan fingerprint density at radius 3 is 2.63 bits per heavy atom. The number of ether oxygens (including phenoxy) is 1. The van der Waals surface area contributed by atoms with Crippen LogP contribution in [0.5, 0.6) is 0 Å². The second kappa shape index (κ2) is 6.96. The Labute approximate surface area is 113 Å². The van der Waals surface area contributed by atoms with Crippen molar-refractivity contribution in [2.75, 3.05) is 6.54 Å². The average molecular weight is 269 g/mol. The number of rotatable bonds is 5. The zero-order valence-corrected chi connectivity index (χ0v) is 11.3. The van der Waals surface area contributed by atoms with Gasteiger partial charge in [0.1, 0.15) is 11.6 Å². The molecule has 0 bridgehead atoms. The average Bonchev–Trinajstić information content (AvgIpc) is 2.42. The van der Waals surface area contributed by atoms with Crippen LogP contribution in [0.3, 0.4) is 0 Å². The Balaban J connectivity index is 1.79. The van der Waals surface area contributed by atoms with Gasteiger partial charge in [-0.1, -0.05) is 6.92 Å². The van der Waals surface area contributed by atoms with E-state index in [4.69, 9.17) is 4.74 Å². The molecule has 0 amide bonds. The molecule has 2 rings (SSSR count). The molecule has 0 unspecified atom stereocenters. The van der Waals surface area contributed by atoms with Crippen LogP contribution in [0.15, 0.2) is 18.2 Å². The van der Waals surface area contributed by atoms with Gasteiger partial charge in [0.2, 0.25) is 0 Å². The minimum absolute atomic E-state index is 0.153. The Hall–Kier alpha value is -1.00. The van der Waals surface area contributed by atoms with Crippen LogP contribution in [0, 0.1) is 11.6 Å². The molecule has 2 nitrogen and oxygen atoms in total. The highest BCUT2D eigenvalue weighted by Crippen LogP contribution is 2.22. The SMILES string of the molecule is CCNC1CCC(OCc2cc(F)ccc2F)CC1. The van der Waals surface area contributed by atoms with Gasteiger partial charge in [0.25, 0.3) is 0 Å². The second-order valence-corrected chi connectivity index (χ2v) is 5.08. The number of nitrogens with one attached hydrogen (secondary N) is 1. The van der Waals surface area contributed by atoms with Gasteiger partial charge in [0, 0.05) is 11.6 Å². The fourth-order valence-corrected chi connectivity index (χ4v) is 2.58. The summed E-state index contributed by atoms with van der Waals surface area (Å²) in [6.45, 7) is 3.25. The molecule has 0 aromatic heterocycles. The van der Waals surface area contributed by atoms with Gasteiger partial charge >= 0.3 is 0 Å². The summed E-state index contributed by atoms with van der Waals surface area (Å²) in [4.78, 5) is 0. The van der Waals surface area contributed by atoms with Crippen molar-refractivity contribution >= 4 is 0 Å². The van der Waals surface area contributed by atoms with E-state index in [1.165, 1.54) is 6.07 Å². The quantitative estimate of drug-likeness (QED) is 0.884. The molecule has 0 heterocycles. The molecule has 0 spiro atoms. The molecule has 0 atom stereocenters. The van der Waals surface area contributed by atoms with Crippen LogP contribution in [0.2, 0.25) is 0 Å². The highest BCUT2D eigenvalue weighted by molar-refractivity contribution is 5.17. The normalized spacial score (nSPS) is 23.5. The lowest BCUT2D eigenvalue weighted by atomic mass is 9.93. The molecule has 0 aliphatic heterocycles. The minimum atomic E-state index is -0.421. The van der Waals surface area contributed by atoms with Crippen molar-refractivity contribution in [1.82, 2.24) is 5.32 Å². The summed E-state index contributed by atoms with van der Waals surface area (Å²) in [5.41, 5.74) is 0.300. The molecule has 1 aromatic carbocycles. The van der Waals surface area contributed by atoms with E-state index in [0.29, 0.717) is 11.6 Å². The molecule has 1 N–H and O–H groups in total. The van der Waals surface area contributed by atoms with Crippen molar-refractivity contribution in [3.8, 4) is 0 Å². The first-order chi connectivity index (χ1) is 9.19. The predicted molar refractivity (Wildman–Crippen MR) is 70.9 cm³/mol. The maximum atomic E-state index is 13.4. The number of benzene rings is 1. The number of hydrogen-bond acceptors (Lipinski definition) is 2. The molecule has 1 aliphatic rings. The minimum Gasteiger partial charge on any atom is -0.373 e. The van der Waals surface area contributed by atoms with Crippen LogP contribution in [-0.4, -0.2) is 18.7 Å². The van der Waals surface area contributed by atoms with Crippen molar-refractivity contribution < 1.29 is 13.5 Å². The van der Waals surface area contributed by atoms with Crippen molar-refractivity contribution in [3.05, 3.63) is 35.4 Å². The van der Waals surface area contributed by atoms with Gasteiger partial charge in [-0.25, -0.2) is 8.78 Å². The van der Waals surface area contributed by atoms with Gasteiger partial charge in [-0.2, -0.15) is 0 Å². The third kappa shape index (κ3) is 4.25. The molecular formula is C15H21F2NO. The zero-order chi connectivity index (χ0) is 13.7. The fourth-order valence-electron chi connectivity index (χ4n) is 2.58. The van der Waals surface area contributed by atoms with Gasteiger partial charge in [-0.15, -0.1) is 0 Å². The summed E-state index contributed by atoms with van der Waals surface area (Å²) < 4.78 is 32.1. The van der Waals surface area contributed by atoms with Crippen LogP contribution in [-0.2, 0) is 11.3 Å². The molecule has 19 heavy (non-hydrogen) atoms. The van der Waals surface area contributed by atoms with Crippen LogP contribution >= 0.6 is 0 Å². The summed E-state index contributed by atoms with van der Waals surface area (Å²) in [7, 11) is 0. The van der Waals surface area contributed by atoms with Crippen molar-refractivity contribution in [3.63, 3.8) is 0 Å². The molecular weight excluding hydrogens is 248 g/mol. The Morgan fingerprint density at radius 1 is 1.21 bits per heavy atom. The first kappa shape index (κ1) is 14.4. The lowest BCUT2D eigenvalue weighted by Gasteiger charge is -2.29. The summed E-state index contributed by atoms with van der Waals surface area (Å²) in [6.07, 6.45) is 4.30. The predicted octanol–water partition coefficient (Wildman–Crippen LogP) is 3.40. The van der Waals surface area contributed by atoms with Crippen LogP contribution in [0.1, 0.15) is 38.2 Å². The van der Waals surface area contributed by atoms with E-state index >= 15 is 0 Å². The largest absolute Gasteiger partial charge is 0.373 e. The lowest BCUT2D eigenvalue weighted by Crippen LogP contribution is -2.35. The highest BCUT2D eigenvalue weighted by Gasteiger charge is 2.21. The maximum Gasteiger partial charge on any atom is 0.128 e. The van der Waals surface area contributed by atoms with Crippen molar-refractivity contribution in [2.24, 2.45) is 0 Å². The summed E-state index contributed by atoms with van der Waals surface area (Å²) in [5.74, 6) is -0.821. The van der Waals surface area contributed by atoms with Crippen LogP contribution in [0.4, 0.5) is 8.78 Å². The van der Waals surface area contributed by atoms with E-state index in [1.54, 1.807) is 0 Å². The van der Waals surface area contributed by atoms with Crippen LogP contribution in [0.25, 0.3) is 0 Å². The summed E-state index contributed by atoms with van der Waals surface area (Å²) in [6, 6.07) is 4.06.